The Bertz CT molecular complexity index is 264. The van der Waals surface area contributed by atoms with Crippen molar-refractivity contribution in [1.82, 2.24) is 0 Å². The van der Waals surface area contributed by atoms with Gasteiger partial charge in [-0.25, -0.2) is 0 Å². The minimum atomic E-state index is -0.110. The molecule has 1 saturated carbocycles. The normalized spacial score (nSPS) is 21.8. The third-order valence-corrected chi connectivity index (χ3v) is 2.61. The van der Waals surface area contributed by atoms with Crippen LogP contribution in [0.25, 0.3) is 0 Å². The van der Waals surface area contributed by atoms with Gasteiger partial charge in [-0.2, -0.15) is 0 Å². The molecule has 2 rings (SSSR count). The van der Waals surface area contributed by atoms with E-state index >= 15 is 0 Å². The van der Waals surface area contributed by atoms with Crippen molar-refractivity contribution in [1.29, 1.82) is 0 Å². The zero-order chi connectivity index (χ0) is 8.60. The third kappa shape index (κ3) is 1.24. The number of hydrogen-bond acceptors (Lipinski definition) is 2. The predicted octanol–water partition coefficient (Wildman–Crippen LogP) is 1.18. The van der Waals surface area contributed by atoms with E-state index in [1.807, 2.05) is 30.3 Å². The molecule has 1 aliphatic rings. The van der Waals surface area contributed by atoms with Gasteiger partial charge in [0.1, 0.15) is 0 Å². The van der Waals surface area contributed by atoms with Crippen LogP contribution >= 0.6 is 0 Å². The van der Waals surface area contributed by atoms with Crippen molar-refractivity contribution in [2.75, 3.05) is 0 Å². The molecule has 0 aliphatic heterocycles. The van der Waals surface area contributed by atoms with Crippen LogP contribution in [0.15, 0.2) is 30.3 Å². The quantitative estimate of drug-likeness (QED) is 0.686. The standard InChI is InChI=1S/C10H14N2/c11-9(10(12)6-7-10)8-4-2-1-3-5-8/h1-5,9H,6-7,11-12H2. The molecule has 0 heterocycles. The predicted molar refractivity (Wildman–Crippen MR) is 49.5 cm³/mol. The van der Waals surface area contributed by atoms with Crippen molar-refractivity contribution in [3.63, 3.8) is 0 Å². The minimum Gasteiger partial charge on any atom is -0.323 e. The Morgan fingerprint density at radius 2 is 1.75 bits per heavy atom. The van der Waals surface area contributed by atoms with E-state index in [-0.39, 0.29) is 11.6 Å². The summed E-state index contributed by atoms with van der Waals surface area (Å²) in [7, 11) is 0. The summed E-state index contributed by atoms with van der Waals surface area (Å²) in [5.74, 6) is 0. The molecule has 1 aromatic carbocycles. The molecule has 12 heavy (non-hydrogen) atoms. The Labute approximate surface area is 72.6 Å². The first-order valence-electron chi connectivity index (χ1n) is 4.32. The van der Waals surface area contributed by atoms with Gasteiger partial charge in [0.2, 0.25) is 0 Å². The summed E-state index contributed by atoms with van der Waals surface area (Å²) in [6.45, 7) is 0. The highest BCUT2D eigenvalue weighted by Gasteiger charge is 2.44. The first-order valence-corrected chi connectivity index (χ1v) is 4.32. The van der Waals surface area contributed by atoms with E-state index in [9.17, 15) is 0 Å². The van der Waals surface area contributed by atoms with Crippen LogP contribution in [0.5, 0.6) is 0 Å². The fraction of sp³-hybridized carbons (Fsp3) is 0.400. The summed E-state index contributed by atoms with van der Waals surface area (Å²) >= 11 is 0. The van der Waals surface area contributed by atoms with Crippen molar-refractivity contribution in [3.05, 3.63) is 35.9 Å². The molecule has 0 bridgehead atoms. The molecule has 64 valence electrons. The zero-order valence-electron chi connectivity index (χ0n) is 7.03. The Morgan fingerprint density at radius 3 is 2.25 bits per heavy atom. The highest BCUT2D eigenvalue weighted by molar-refractivity contribution is 5.25. The van der Waals surface area contributed by atoms with E-state index in [0.29, 0.717) is 0 Å². The topological polar surface area (TPSA) is 52.0 Å². The van der Waals surface area contributed by atoms with Gasteiger partial charge in [-0.3, -0.25) is 0 Å². The molecular weight excluding hydrogens is 148 g/mol. The molecule has 0 radical (unpaired) electrons. The minimum absolute atomic E-state index is 0.0127. The van der Waals surface area contributed by atoms with Crippen molar-refractivity contribution in [3.8, 4) is 0 Å². The third-order valence-electron chi connectivity index (χ3n) is 2.61. The second-order valence-electron chi connectivity index (χ2n) is 3.62. The Balaban J connectivity index is 2.20. The van der Waals surface area contributed by atoms with Gasteiger partial charge in [-0.15, -0.1) is 0 Å². The van der Waals surface area contributed by atoms with E-state index in [1.54, 1.807) is 0 Å². The molecule has 1 unspecified atom stereocenters. The molecule has 0 aromatic heterocycles. The van der Waals surface area contributed by atoms with Gasteiger partial charge >= 0.3 is 0 Å². The Kier molecular flexibility index (Phi) is 1.67. The molecular formula is C10H14N2. The molecule has 1 aromatic rings. The lowest BCUT2D eigenvalue weighted by atomic mass is 9.99. The van der Waals surface area contributed by atoms with Gasteiger partial charge in [0.15, 0.2) is 0 Å². The first kappa shape index (κ1) is 7.77. The summed E-state index contributed by atoms with van der Waals surface area (Å²) in [5, 5.41) is 0. The van der Waals surface area contributed by atoms with E-state index < -0.39 is 0 Å². The maximum absolute atomic E-state index is 6.01. The van der Waals surface area contributed by atoms with Gasteiger partial charge in [-0.05, 0) is 18.4 Å². The van der Waals surface area contributed by atoms with Crippen LogP contribution < -0.4 is 11.5 Å². The van der Waals surface area contributed by atoms with E-state index in [0.717, 1.165) is 18.4 Å². The van der Waals surface area contributed by atoms with Crippen molar-refractivity contribution in [2.45, 2.75) is 24.4 Å². The van der Waals surface area contributed by atoms with Crippen molar-refractivity contribution >= 4 is 0 Å². The number of hydrogen-bond donors (Lipinski definition) is 2. The molecule has 2 nitrogen and oxygen atoms in total. The second kappa shape index (κ2) is 2.57. The van der Waals surface area contributed by atoms with E-state index in [2.05, 4.69) is 0 Å². The van der Waals surface area contributed by atoms with Gasteiger partial charge < -0.3 is 11.5 Å². The summed E-state index contributed by atoms with van der Waals surface area (Å²) in [6, 6.07) is 10.1. The molecule has 1 fully saturated rings. The number of benzene rings is 1. The smallest absolute Gasteiger partial charge is 0.0477 e. The van der Waals surface area contributed by atoms with Crippen LogP contribution in [-0.2, 0) is 0 Å². The van der Waals surface area contributed by atoms with Crippen LogP contribution in [0.4, 0.5) is 0 Å². The summed E-state index contributed by atoms with van der Waals surface area (Å²) < 4.78 is 0. The SMILES string of the molecule is NC(c1ccccc1)C1(N)CC1. The van der Waals surface area contributed by atoms with E-state index in [4.69, 9.17) is 11.5 Å². The van der Waals surface area contributed by atoms with Crippen LogP contribution in [0.3, 0.4) is 0 Å². The molecule has 4 N–H and O–H groups in total. The summed E-state index contributed by atoms with van der Waals surface area (Å²) in [4.78, 5) is 0. The van der Waals surface area contributed by atoms with E-state index in [1.165, 1.54) is 0 Å². The van der Waals surface area contributed by atoms with Gasteiger partial charge in [-0.1, -0.05) is 30.3 Å². The Hall–Kier alpha value is -0.860. The molecule has 0 amide bonds. The zero-order valence-corrected chi connectivity index (χ0v) is 7.03. The fourth-order valence-corrected chi connectivity index (χ4v) is 1.45. The lowest BCUT2D eigenvalue weighted by Gasteiger charge is -2.18. The molecule has 1 aliphatic carbocycles. The molecule has 0 spiro atoms. The average molecular weight is 162 g/mol. The molecule has 1 atom stereocenters. The van der Waals surface area contributed by atoms with Crippen molar-refractivity contribution < 1.29 is 0 Å². The number of nitrogens with two attached hydrogens (primary N) is 2. The van der Waals surface area contributed by atoms with Crippen LogP contribution in [-0.4, -0.2) is 5.54 Å². The lowest BCUT2D eigenvalue weighted by Crippen LogP contribution is -2.36. The fourth-order valence-electron chi connectivity index (χ4n) is 1.45. The van der Waals surface area contributed by atoms with Crippen molar-refractivity contribution in [2.24, 2.45) is 11.5 Å². The first-order chi connectivity index (χ1) is 5.72. The highest BCUT2D eigenvalue weighted by atomic mass is 14.9. The number of rotatable bonds is 2. The van der Waals surface area contributed by atoms with Gasteiger partial charge in [0.05, 0.1) is 0 Å². The highest BCUT2D eigenvalue weighted by Crippen LogP contribution is 2.41. The average Bonchev–Trinajstić information content (AvgIpc) is 2.85. The van der Waals surface area contributed by atoms with Gasteiger partial charge in [0, 0.05) is 11.6 Å². The van der Waals surface area contributed by atoms with Crippen LogP contribution in [0, 0.1) is 0 Å². The monoisotopic (exact) mass is 162 g/mol. The maximum atomic E-state index is 6.01. The largest absolute Gasteiger partial charge is 0.323 e. The Morgan fingerprint density at radius 1 is 1.17 bits per heavy atom. The van der Waals surface area contributed by atoms with Crippen LogP contribution in [0.2, 0.25) is 0 Å². The molecule has 2 heteroatoms. The van der Waals surface area contributed by atoms with Gasteiger partial charge in [0.25, 0.3) is 0 Å². The summed E-state index contributed by atoms with van der Waals surface area (Å²) in [6.07, 6.45) is 2.12. The summed E-state index contributed by atoms with van der Waals surface area (Å²) in [5.41, 5.74) is 13.0. The maximum Gasteiger partial charge on any atom is 0.0477 e. The second-order valence-corrected chi connectivity index (χ2v) is 3.62. The van der Waals surface area contributed by atoms with Crippen LogP contribution in [0.1, 0.15) is 24.4 Å². The lowest BCUT2D eigenvalue weighted by molar-refractivity contribution is 0.536. The molecule has 0 saturated heterocycles.